The largest absolute Gasteiger partial charge is 0.477 e. The van der Waals surface area contributed by atoms with Gasteiger partial charge in [0.05, 0.1) is 5.56 Å². The van der Waals surface area contributed by atoms with E-state index in [1.54, 1.807) is 29.5 Å². The Morgan fingerprint density at radius 3 is 2.79 bits per heavy atom. The van der Waals surface area contributed by atoms with Crippen molar-refractivity contribution in [2.24, 2.45) is 0 Å². The Morgan fingerprint density at radius 2 is 2.03 bits per heavy atom. The lowest BCUT2D eigenvalue weighted by molar-refractivity contribution is 0.0886. The Labute approximate surface area is 177 Å². The Morgan fingerprint density at radius 1 is 1.21 bits per heavy atom. The molecule has 5 rings (SSSR count). The summed E-state index contributed by atoms with van der Waals surface area (Å²) in [6.07, 6.45) is 1.75. The molecule has 0 amide bonds. The standard InChI is InChI=1S/C23H18ClNO3S/c1-14-22-16(11-25(13-27-22)12-18-3-2-8-29-18)10-19-21(26)20(28-23(14)19)9-15-4-6-17(24)7-5-15/h2-10H,11-13H2,1H3/b20-9-. The molecule has 0 saturated carbocycles. The lowest BCUT2D eigenvalue weighted by atomic mass is 10.00. The van der Waals surface area contributed by atoms with Crippen LogP contribution in [0.5, 0.6) is 11.5 Å². The molecular formula is C23H18ClNO3S. The lowest BCUT2D eigenvalue weighted by Gasteiger charge is -2.30. The highest BCUT2D eigenvalue weighted by Crippen LogP contribution is 2.43. The highest BCUT2D eigenvalue weighted by Gasteiger charge is 2.33. The molecule has 3 heterocycles. The highest BCUT2D eigenvalue weighted by molar-refractivity contribution is 7.09. The second-order valence-corrected chi connectivity index (χ2v) is 8.67. The number of nitrogens with zero attached hydrogens (tertiary/aromatic N) is 1. The average Bonchev–Trinajstić information content (AvgIpc) is 3.33. The van der Waals surface area contributed by atoms with Gasteiger partial charge in [-0.25, -0.2) is 0 Å². The van der Waals surface area contributed by atoms with Crippen molar-refractivity contribution < 1.29 is 14.3 Å². The molecule has 0 N–H and O–H groups in total. The van der Waals surface area contributed by atoms with E-state index < -0.39 is 0 Å². The molecule has 0 fully saturated rings. The fraction of sp³-hybridized carbons (Fsp3) is 0.174. The summed E-state index contributed by atoms with van der Waals surface area (Å²) in [5.74, 6) is 1.65. The number of hydrogen-bond donors (Lipinski definition) is 0. The number of allylic oxidation sites excluding steroid dienone is 1. The van der Waals surface area contributed by atoms with E-state index in [9.17, 15) is 4.79 Å². The molecular weight excluding hydrogens is 406 g/mol. The quantitative estimate of drug-likeness (QED) is 0.508. The number of hydrogen-bond acceptors (Lipinski definition) is 5. The van der Waals surface area contributed by atoms with Crippen LogP contribution in [-0.2, 0) is 13.1 Å². The first kappa shape index (κ1) is 18.4. The van der Waals surface area contributed by atoms with E-state index >= 15 is 0 Å². The third kappa shape index (κ3) is 3.46. The monoisotopic (exact) mass is 423 g/mol. The van der Waals surface area contributed by atoms with Crippen LogP contribution in [0.1, 0.15) is 31.9 Å². The van der Waals surface area contributed by atoms with Crippen molar-refractivity contribution in [3.63, 3.8) is 0 Å². The number of fused-ring (bicyclic) bond motifs is 2. The maximum absolute atomic E-state index is 13.0. The van der Waals surface area contributed by atoms with E-state index in [-0.39, 0.29) is 5.78 Å². The van der Waals surface area contributed by atoms with Crippen molar-refractivity contribution >= 4 is 34.8 Å². The summed E-state index contributed by atoms with van der Waals surface area (Å²) in [6, 6.07) is 13.4. The molecule has 3 aromatic rings. The Bertz CT molecular complexity index is 1120. The summed E-state index contributed by atoms with van der Waals surface area (Å²) in [7, 11) is 0. The molecule has 1 aromatic heterocycles. The predicted molar refractivity (Wildman–Crippen MR) is 115 cm³/mol. The maximum atomic E-state index is 13.0. The van der Waals surface area contributed by atoms with Gasteiger partial charge in [-0.1, -0.05) is 29.8 Å². The van der Waals surface area contributed by atoms with Crippen molar-refractivity contribution in [1.82, 2.24) is 4.90 Å². The summed E-state index contributed by atoms with van der Waals surface area (Å²) in [5.41, 5.74) is 3.37. The van der Waals surface area contributed by atoms with E-state index in [0.717, 1.165) is 35.5 Å². The van der Waals surface area contributed by atoms with Crippen LogP contribution in [0.25, 0.3) is 6.08 Å². The number of halogens is 1. The number of Topliss-reactive ketones (excluding diaryl/α,β-unsaturated/α-hetero) is 1. The molecule has 0 bridgehead atoms. The minimum atomic E-state index is -0.101. The molecule has 2 aliphatic rings. The van der Waals surface area contributed by atoms with Gasteiger partial charge in [0.25, 0.3) is 0 Å². The Balaban J connectivity index is 1.44. The molecule has 0 radical (unpaired) electrons. The first-order valence-corrected chi connectivity index (χ1v) is 10.6. The summed E-state index contributed by atoms with van der Waals surface area (Å²) < 4.78 is 12.0. The zero-order chi connectivity index (χ0) is 20.0. The van der Waals surface area contributed by atoms with Gasteiger partial charge < -0.3 is 9.47 Å². The minimum Gasteiger partial charge on any atom is -0.477 e. The maximum Gasteiger partial charge on any atom is 0.231 e. The number of carbonyl (C=O) groups is 1. The van der Waals surface area contributed by atoms with Gasteiger partial charge in [-0.2, -0.15) is 0 Å². The van der Waals surface area contributed by atoms with Gasteiger partial charge in [0, 0.05) is 34.1 Å². The van der Waals surface area contributed by atoms with E-state index in [0.29, 0.717) is 28.8 Å². The van der Waals surface area contributed by atoms with Gasteiger partial charge in [0.1, 0.15) is 18.2 Å². The van der Waals surface area contributed by atoms with Crippen LogP contribution in [0.2, 0.25) is 5.02 Å². The third-order valence-corrected chi connectivity index (χ3v) is 6.24. The lowest BCUT2D eigenvalue weighted by Crippen LogP contribution is -2.31. The predicted octanol–water partition coefficient (Wildman–Crippen LogP) is 5.68. The van der Waals surface area contributed by atoms with E-state index in [2.05, 4.69) is 22.4 Å². The van der Waals surface area contributed by atoms with Crippen LogP contribution in [0.15, 0.2) is 53.6 Å². The SMILES string of the molecule is Cc1c2c(cc3c1O/C(=C\c1ccc(Cl)cc1)C3=O)CN(Cc1cccs1)CO2. The van der Waals surface area contributed by atoms with Gasteiger partial charge >= 0.3 is 0 Å². The first-order valence-electron chi connectivity index (χ1n) is 9.32. The van der Waals surface area contributed by atoms with Crippen molar-refractivity contribution in [2.45, 2.75) is 20.0 Å². The van der Waals surface area contributed by atoms with Gasteiger partial charge in [-0.05, 0) is 48.2 Å². The average molecular weight is 424 g/mol. The van der Waals surface area contributed by atoms with E-state index in [4.69, 9.17) is 21.1 Å². The van der Waals surface area contributed by atoms with Gasteiger partial charge in [0.15, 0.2) is 5.76 Å². The topological polar surface area (TPSA) is 38.8 Å². The molecule has 0 aliphatic carbocycles. The highest BCUT2D eigenvalue weighted by atomic mass is 35.5. The summed E-state index contributed by atoms with van der Waals surface area (Å²) >= 11 is 7.68. The number of benzene rings is 2. The number of ether oxygens (including phenoxy) is 2. The fourth-order valence-electron chi connectivity index (χ4n) is 3.73. The van der Waals surface area contributed by atoms with Crippen LogP contribution in [0, 0.1) is 6.92 Å². The smallest absolute Gasteiger partial charge is 0.231 e. The normalized spacial score (nSPS) is 17.0. The molecule has 29 heavy (non-hydrogen) atoms. The van der Waals surface area contributed by atoms with Crippen LogP contribution in [-0.4, -0.2) is 17.4 Å². The minimum absolute atomic E-state index is 0.101. The molecule has 146 valence electrons. The van der Waals surface area contributed by atoms with Crippen molar-refractivity contribution in [2.75, 3.05) is 6.73 Å². The number of thiophene rings is 1. The van der Waals surface area contributed by atoms with Crippen molar-refractivity contribution in [3.05, 3.63) is 85.8 Å². The molecule has 2 aliphatic heterocycles. The first-order chi connectivity index (χ1) is 14.1. The molecule has 0 unspecified atom stereocenters. The van der Waals surface area contributed by atoms with Gasteiger partial charge in [-0.3, -0.25) is 9.69 Å². The molecule has 4 nitrogen and oxygen atoms in total. The van der Waals surface area contributed by atoms with Crippen LogP contribution in [0.3, 0.4) is 0 Å². The van der Waals surface area contributed by atoms with Gasteiger partial charge in [-0.15, -0.1) is 11.3 Å². The number of ketones is 1. The second kappa shape index (κ2) is 7.34. The molecule has 2 aromatic carbocycles. The fourth-order valence-corrected chi connectivity index (χ4v) is 4.60. The Kier molecular flexibility index (Phi) is 4.66. The van der Waals surface area contributed by atoms with Crippen LogP contribution >= 0.6 is 22.9 Å². The van der Waals surface area contributed by atoms with E-state index in [1.807, 2.05) is 25.1 Å². The van der Waals surface area contributed by atoms with Crippen molar-refractivity contribution in [3.8, 4) is 11.5 Å². The zero-order valence-electron chi connectivity index (χ0n) is 15.8. The number of carbonyl (C=O) groups excluding carboxylic acids is 1. The molecule has 6 heteroatoms. The van der Waals surface area contributed by atoms with Gasteiger partial charge in [0.2, 0.25) is 5.78 Å². The van der Waals surface area contributed by atoms with E-state index in [1.165, 1.54) is 4.88 Å². The summed E-state index contributed by atoms with van der Waals surface area (Å²) in [5, 5.41) is 2.73. The number of rotatable bonds is 3. The summed E-state index contributed by atoms with van der Waals surface area (Å²) in [4.78, 5) is 16.5. The van der Waals surface area contributed by atoms with Crippen LogP contribution < -0.4 is 9.47 Å². The van der Waals surface area contributed by atoms with Crippen molar-refractivity contribution in [1.29, 1.82) is 0 Å². The Hall–Kier alpha value is -2.60. The second-order valence-electron chi connectivity index (χ2n) is 7.20. The molecule has 0 saturated heterocycles. The zero-order valence-corrected chi connectivity index (χ0v) is 17.3. The summed E-state index contributed by atoms with van der Waals surface area (Å²) in [6.45, 7) is 4.04. The molecule has 0 atom stereocenters. The molecule has 0 spiro atoms. The third-order valence-electron chi connectivity index (χ3n) is 5.13. The van der Waals surface area contributed by atoms with Crippen LogP contribution in [0.4, 0.5) is 0 Å².